The summed E-state index contributed by atoms with van der Waals surface area (Å²) in [5.74, 6) is 0.540. The SMILES string of the molecule is NCCNC1=CNC=NC1(c1ccc(F)cc1)c1nccn1C1CCNCC1. The predicted octanol–water partition coefficient (Wildman–Crippen LogP) is 1.21. The fourth-order valence-corrected chi connectivity index (χ4v) is 4.02. The number of aliphatic imine (C=N–C) groups is 1. The number of hydrogen-bond acceptors (Lipinski definition) is 6. The number of benzene rings is 1. The molecule has 2 aromatic rings. The van der Waals surface area contributed by atoms with Crippen LogP contribution in [0.2, 0.25) is 0 Å². The van der Waals surface area contributed by atoms with E-state index in [2.05, 4.69) is 20.5 Å². The quantitative estimate of drug-likeness (QED) is 0.602. The van der Waals surface area contributed by atoms with Crippen LogP contribution < -0.4 is 21.7 Å². The van der Waals surface area contributed by atoms with Crippen LogP contribution in [0, 0.1) is 5.82 Å². The summed E-state index contributed by atoms with van der Waals surface area (Å²) in [6.45, 7) is 3.04. The lowest BCUT2D eigenvalue weighted by Crippen LogP contribution is -2.43. The second kappa shape index (κ2) is 8.12. The molecule has 0 amide bonds. The first-order valence-electron chi connectivity index (χ1n) is 9.70. The molecule has 0 bridgehead atoms. The lowest BCUT2D eigenvalue weighted by atomic mass is 9.85. The van der Waals surface area contributed by atoms with Gasteiger partial charge in [0.05, 0.1) is 12.0 Å². The summed E-state index contributed by atoms with van der Waals surface area (Å²) in [6.07, 6.45) is 9.45. The molecule has 1 aromatic carbocycles. The van der Waals surface area contributed by atoms with E-state index >= 15 is 0 Å². The van der Waals surface area contributed by atoms with Crippen molar-refractivity contribution in [3.8, 4) is 0 Å². The summed E-state index contributed by atoms with van der Waals surface area (Å²) in [5, 5.41) is 9.86. The second-order valence-corrected chi connectivity index (χ2v) is 7.05. The van der Waals surface area contributed by atoms with Crippen molar-refractivity contribution in [3.63, 3.8) is 0 Å². The third kappa shape index (κ3) is 3.29. The summed E-state index contributed by atoms with van der Waals surface area (Å²) in [7, 11) is 0. The number of aromatic nitrogens is 2. The molecule has 2 aliphatic rings. The van der Waals surface area contributed by atoms with Crippen LogP contribution in [0.3, 0.4) is 0 Å². The normalized spacial score (nSPS) is 22.6. The van der Waals surface area contributed by atoms with Gasteiger partial charge in [0.15, 0.2) is 5.54 Å². The summed E-state index contributed by atoms with van der Waals surface area (Å²) >= 11 is 0. The van der Waals surface area contributed by atoms with Gasteiger partial charge >= 0.3 is 0 Å². The van der Waals surface area contributed by atoms with Gasteiger partial charge in [-0.05, 0) is 43.6 Å². The number of halogens is 1. The summed E-state index contributed by atoms with van der Waals surface area (Å²) in [4.78, 5) is 9.60. The zero-order valence-corrected chi connectivity index (χ0v) is 15.7. The van der Waals surface area contributed by atoms with Crippen molar-refractivity contribution in [1.29, 1.82) is 0 Å². The standard InChI is InChI=1S/C20H26FN7/c21-16-3-1-15(2-4-16)20(18(25-10-7-22)13-24-14-27-20)19-26-11-12-28(19)17-5-8-23-9-6-17/h1-4,11-14,17,23,25H,5-10,22H2,(H,24,27). The van der Waals surface area contributed by atoms with Crippen molar-refractivity contribution < 1.29 is 4.39 Å². The lowest BCUT2D eigenvalue weighted by molar-refractivity contribution is 0.345. The topological polar surface area (TPSA) is 92.3 Å². The van der Waals surface area contributed by atoms with Gasteiger partial charge in [-0.25, -0.2) is 14.4 Å². The van der Waals surface area contributed by atoms with Crippen molar-refractivity contribution in [3.05, 3.63) is 65.8 Å². The molecular weight excluding hydrogens is 357 g/mol. The third-order valence-electron chi connectivity index (χ3n) is 5.37. The number of piperidine rings is 1. The summed E-state index contributed by atoms with van der Waals surface area (Å²) in [6, 6.07) is 6.83. The predicted molar refractivity (Wildman–Crippen MR) is 107 cm³/mol. The maximum atomic E-state index is 13.7. The van der Waals surface area contributed by atoms with Gasteiger partial charge in [-0.2, -0.15) is 0 Å². The van der Waals surface area contributed by atoms with E-state index in [-0.39, 0.29) is 5.82 Å². The third-order valence-corrected chi connectivity index (χ3v) is 5.37. The smallest absolute Gasteiger partial charge is 0.185 e. The second-order valence-electron chi connectivity index (χ2n) is 7.05. The van der Waals surface area contributed by atoms with E-state index in [1.54, 1.807) is 18.5 Å². The molecule has 1 fully saturated rings. The van der Waals surface area contributed by atoms with Crippen molar-refractivity contribution in [2.24, 2.45) is 10.7 Å². The Balaban J connectivity index is 1.86. The Morgan fingerprint density at radius 2 is 2.04 bits per heavy atom. The van der Waals surface area contributed by atoms with Gasteiger partial charge < -0.3 is 26.3 Å². The molecule has 8 heteroatoms. The fourth-order valence-electron chi connectivity index (χ4n) is 4.02. The largest absolute Gasteiger partial charge is 0.383 e. The Bertz CT molecular complexity index is 852. The molecule has 1 unspecified atom stereocenters. The van der Waals surface area contributed by atoms with Crippen LogP contribution in [-0.4, -0.2) is 42.1 Å². The van der Waals surface area contributed by atoms with Gasteiger partial charge in [-0.15, -0.1) is 0 Å². The molecule has 0 spiro atoms. The monoisotopic (exact) mass is 383 g/mol. The minimum Gasteiger partial charge on any atom is -0.383 e. The maximum absolute atomic E-state index is 13.7. The Hall–Kier alpha value is -2.71. The Labute approximate surface area is 163 Å². The first kappa shape index (κ1) is 18.6. The molecule has 2 aliphatic heterocycles. The molecule has 7 nitrogen and oxygen atoms in total. The van der Waals surface area contributed by atoms with Crippen LogP contribution in [0.15, 0.2) is 53.5 Å². The van der Waals surface area contributed by atoms with E-state index in [0.717, 1.165) is 43.0 Å². The fraction of sp³-hybridized carbons (Fsp3) is 0.400. The Morgan fingerprint density at radius 3 is 2.79 bits per heavy atom. The first-order valence-corrected chi connectivity index (χ1v) is 9.70. The molecule has 0 saturated carbocycles. The van der Waals surface area contributed by atoms with E-state index in [0.29, 0.717) is 19.1 Å². The highest BCUT2D eigenvalue weighted by molar-refractivity contribution is 5.63. The van der Waals surface area contributed by atoms with Crippen molar-refractivity contribution in [2.75, 3.05) is 26.2 Å². The zero-order chi connectivity index (χ0) is 19.4. The molecule has 1 aromatic heterocycles. The number of hydrogen-bond donors (Lipinski definition) is 4. The van der Waals surface area contributed by atoms with E-state index < -0.39 is 5.54 Å². The van der Waals surface area contributed by atoms with Gasteiger partial charge in [0.1, 0.15) is 11.6 Å². The number of rotatable bonds is 6. The maximum Gasteiger partial charge on any atom is 0.185 e. The van der Waals surface area contributed by atoms with E-state index in [1.165, 1.54) is 12.1 Å². The molecule has 28 heavy (non-hydrogen) atoms. The molecule has 5 N–H and O–H groups in total. The van der Waals surface area contributed by atoms with Crippen LogP contribution in [0.1, 0.15) is 30.3 Å². The van der Waals surface area contributed by atoms with Crippen LogP contribution in [-0.2, 0) is 5.54 Å². The van der Waals surface area contributed by atoms with Crippen LogP contribution in [0.5, 0.6) is 0 Å². The van der Waals surface area contributed by atoms with Gasteiger partial charge in [0.25, 0.3) is 0 Å². The van der Waals surface area contributed by atoms with Gasteiger partial charge in [0, 0.05) is 37.7 Å². The molecule has 148 valence electrons. The van der Waals surface area contributed by atoms with Crippen LogP contribution >= 0.6 is 0 Å². The molecular formula is C20H26FN7. The van der Waals surface area contributed by atoms with E-state index in [4.69, 9.17) is 15.7 Å². The van der Waals surface area contributed by atoms with Gasteiger partial charge in [-0.1, -0.05) is 12.1 Å². The highest BCUT2D eigenvalue weighted by atomic mass is 19.1. The Kier molecular flexibility index (Phi) is 5.40. The number of nitrogens with one attached hydrogen (secondary N) is 3. The molecule has 1 saturated heterocycles. The zero-order valence-electron chi connectivity index (χ0n) is 15.7. The van der Waals surface area contributed by atoms with Crippen molar-refractivity contribution >= 4 is 6.34 Å². The number of nitrogens with zero attached hydrogens (tertiary/aromatic N) is 3. The summed E-state index contributed by atoms with van der Waals surface area (Å²) < 4.78 is 15.9. The highest BCUT2D eigenvalue weighted by Crippen LogP contribution is 2.41. The van der Waals surface area contributed by atoms with Gasteiger partial charge in [0.2, 0.25) is 0 Å². The number of imidazole rings is 1. The summed E-state index contributed by atoms with van der Waals surface area (Å²) in [5.41, 5.74) is 6.54. The molecule has 0 radical (unpaired) electrons. The van der Waals surface area contributed by atoms with Crippen molar-refractivity contribution in [2.45, 2.75) is 24.4 Å². The van der Waals surface area contributed by atoms with Gasteiger partial charge in [-0.3, -0.25) is 0 Å². The lowest BCUT2D eigenvalue weighted by Gasteiger charge is -2.37. The Morgan fingerprint density at radius 1 is 1.25 bits per heavy atom. The first-order chi connectivity index (χ1) is 13.8. The minimum absolute atomic E-state index is 0.279. The van der Waals surface area contributed by atoms with E-state index in [1.807, 2.05) is 18.6 Å². The van der Waals surface area contributed by atoms with Crippen LogP contribution in [0.4, 0.5) is 4.39 Å². The molecule has 1 atom stereocenters. The minimum atomic E-state index is -0.886. The van der Waals surface area contributed by atoms with E-state index in [9.17, 15) is 4.39 Å². The average molecular weight is 383 g/mol. The molecule has 4 rings (SSSR count). The average Bonchev–Trinajstić information content (AvgIpc) is 3.24. The van der Waals surface area contributed by atoms with Crippen LogP contribution in [0.25, 0.3) is 0 Å². The highest BCUT2D eigenvalue weighted by Gasteiger charge is 2.44. The number of nitrogens with two attached hydrogens (primary N) is 1. The molecule has 3 heterocycles. The molecule has 0 aliphatic carbocycles. The van der Waals surface area contributed by atoms with Crippen molar-refractivity contribution in [1.82, 2.24) is 25.5 Å².